The highest BCUT2D eigenvalue weighted by Gasteiger charge is 2.26. The first-order valence-electron chi connectivity index (χ1n) is 8.97. The van der Waals surface area contributed by atoms with Gasteiger partial charge in [0.15, 0.2) is 5.82 Å². The number of nitrogens with one attached hydrogen (secondary N) is 1. The Morgan fingerprint density at radius 2 is 1.85 bits per heavy atom. The maximum absolute atomic E-state index is 12.4. The molecule has 0 radical (unpaired) electrons. The first-order chi connectivity index (χ1) is 13.3. The lowest BCUT2D eigenvalue weighted by Gasteiger charge is -2.31. The molecule has 3 heterocycles. The molecule has 3 aromatic rings. The molecule has 138 valence electrons. The van der Waals surface area contributed by atoms with Crippen molar-refractivity contribution in [1.29, 1.82) is 0 Å². The number of aromatic nitrogens is 4. The molecule has 0 unspecified atom stereocenters. The van der Waals surface area contributed by atoms with Gasteiger partial charge in [-0.05, 0) is 31.0 Å². The second-order valence-corrected chi connectivity index (χ2v) is 6.41. The van der Waals surface area contributed by atoms with Crippen molar-refractivity contribution >= 4 is 11.9 Å². The molecule has 0 saturated carbocycles. The molecule has 2 aromatic heterocycles. The van der Waals surface area contributed by atoms with E-state index in [0.717, 1.165) is 37.4 Å². The zero-order valence-corrected chi connectivity index (χ0v) is 14.8. The fourth-order valence-corrected chi connectivity index (χ4v) is 3.13. The van der Waals surface area contributed by atoms with Gasteiger partial charge in [0.25, 0.3) is 5.89 Å². The van der Waals surface area contributed by atoms with Crippen molar-refractivity contribution in [1.82, 2.24) is 25.4 Å². The summed E-state index contributed by atoms with van der Waals surface area (Å²) in [6.07, 6.45) is 5.00. The highest BCUT2D eigenvalue weighted by molar-refractivity contribution is 5.78. The summed E-state index contributed by atoms with van der Waals surface area (Å²) in [5.74, 6) is 1.64. The third kappa shape index (κ3) is 4.11. The first-order valence-corrected chi connectivity index (χ1v) is 8.97. The van der Waals surface area contributed by atoms with Crippen LogP contribution in [0.1, 0.15) is 18.7 Å². The van der Waals surface area contributed by atoms with Crippen LogP contribution >= 0.6 is 0 Å². The van der Waals surface area contributed by atoms with Gasteiger partial charge in [-0.15, -0.1) is 0 Å². The minimum absolute atomic E-state index is 0.0227. The third-order valence-electron chi connectivity index (χ3n) is 4.61. The average Bonchev–Trinajstić information content (AvgIpc) is 3.22. The van der Waals surface area contributed by atoms with Crippen LogP contribution in [-0.2, 0) is 11.3 Å². The molecule has 0 bridgehead atoms. The summed E-state index contributed by atoms with van der Waals surface area (Å²) in [7, 11) is 0. The van der Waals surface area contributed by atoms with Gasteiger partial charge < -0.3 is 14.7 Å². The summed E-state index contributed by atoms with van der Waals surface area (Å²) in [4.78, 5) is 27.4. The molecule has 8 nitrogen and oxygen atoms in total. The van der Waals surface area contributed by atoms with Crippen molar-refractivity contribution in [2.75, 3.05) is 18.0 Å². The number of carbonyl (C=O) groups is 1. The second kappa shape index (κ2) is 7.94. The summed E-state index contributed by atoms with van der Waals surface area (Å²) in [5.41, 5.74) is 0.859. The van der Waals surface area contributed by atoms with Crippen LogP contribution in [0.4, 0.5) is 5.95 Å². The van der Waals surface area contributed by atoms with Crippen molar-refractivity contribution in [2.24, 2.45) is 5.92 Å². The van der Waals surface area contributed by atoms with E-state index in [9.17, 15) is 4.79 Å². The van der Waals surface area contributed by atoms with Crippen LogP contribution in [-0.4, -0.2) is 39.1 Å². The molecule has 4 rings (SSSR count). The lowest BCUT2D eigenvalue weighted by atomic mass is 9.96. The van der Waals surface area contributed by atoms with Gasteiger partial charge >= 0.3 is 0 Å². The average molecular weight is 364 g/mol. The van der Waals surface area contributed by atoms with Gasteiger partial charge in [-0.25, -0.2) is 9.97 Å². The van der Waals surface area contributed by atoms with Gasteiger partial charge in [0.2, 0.25) is 11.9 Å². The smallest absolute Gasteiger partial charge is 0.257 e. The number of anilines is 1. The van der Waals surface area contributed by atoms with E-state index in [1.807, 2.05) is 30.3 Å². The molecule has 0 atom stereocenters. The number of carbonyl (C=O) groups excluding carboxylic acids is 1. The van der Waals surface area contributed by atoms with Crippen molar-refractivity contribution in [3.05, 3.63) is 54.6 Å². The molecule has 1 aliphatic heterocycles. The van der Waals surface area contributed by atoms with Crippen LogP contribution in [0.3, 0.4) is 0 Å². The molecule has 1 amide bonds. The maximum atomic E-state index is 12.4. The summed E-state index contributed by atoms with van der Waals surface area (Å²) in [6.45, 7) is 1.79. The van der Waals surface area contributed by atoms with E-state index in [4.69, 9.17) is 4.52 Å². The maximum Gasteiger partial charge on any atom is 0.257 e. The molecule has 1 saturated heterocycles. The minimum Gasteiger partial charge on any atom is -0.348 e. The van der Waals surface area contributed by atoms with E-state index < -0.39 is 0 Å². The Hall–Kier alpha value is -3.29. The van der Waals surface area contributed by atoms with Gasteiger partial charge in [-0.1, -0.05) is 23.4 Å². The third-order valence-corrected chi connectivity index (χ3v) is 4.61. The van der Waals surface area contributed by atoms with E-state index in [-0.39, 0.29) is 18.4 Å². The molecular weight excluding hydrogens is 344 g/mol. The number of rotatable bonds is 5. The normalized spacial score (nSPS) is 14.9. The van der Waals surface area contributed by atoms with E-state index in [0.29, 0.717) is 11.7 Å². The molecule has 1 N–H and O–H groups in total. The largest absolute Gasteiger partial charge is 0.348 e. The lowest BCUT2D eigenvalue weighted by molar-refractivity contribution is -0.125. The molecule has 1 aliphatic rings. The Labute approximate surface area is 156 Å². The van der Waals surface area contributed by atoms with Crippen LogP contribution in [0, 0.1) is 5.92 Å². The molecule has 0 spiro atoms. The first kappa shape index (κ1) is 17.1. The second-order valence-electron chi connectivity index (χ2n) is 6.41. The fourth-order valence-electron chi connectivity index (χ4n) is 3.13. The van der Waals surface area contributed by atoms with E-state index in [2.05, 4.69) is 30.3 Å². The van der Waals surface area contributed by atoms with Crippen molar-refractivity contribution in [2.45, 2.75) is 19.4 Å². The van der Waals surface area contributed by atoms with E-state index >= 15 is 0 Å². The minimum atomic E-state index is -0.0227. The van der Waals surface area contributed by atoms with E-state index in [1.54, 1.807) is 18.5 Å². The highest BCUT2D eigenvalue weighted by atomic mass is 16.5. The fraction of sp³-hybridized carbons (Fsp3) is 0.316. The van der Waals surface area contributed by atoms with Crippen LogP contribution in [0.25, 0.3) is 11.5 Å². The van der Waals surface area contributed by atoms with Gasteiger partial charge in [0, 0.05) is 37.0 Å². The molecule has 1 aromatic carbocycles. The van der Waals surface area contributed by atoms with Gasteiger partial charge in [-0.2, -0.15) is 4.98 Å². The molecule has 1 fully saturated rings. The number of hydrogen-bond acceptors (Lipinski definition) is 7. The Balaban J connectivity index is 1.27. The summed E-state index contributed by atoms with van der Waals surface area (Å²) in [6, 6.07) is 11.4. The Morgan fingerprint density at radius 3 is 2.59 bits per heavy atom. The molecule has 27 heavy (non-hydrogen) atoms. The molecule has 8 heteroatoms. The number of hydrogen-bond donors (Lipinski definition) is 1. The van der Waals surface area contributed by atoms with Crippen molar-refractivity contribution in [3.8, 4) is 11.5 Å². The van der Waals surface area contributed by atoms with Crippen molar-refractivity contribution < 1.29 is 9.32 Å². The van der Waals surface area contributed by atoms with E-state index in [1.165, 1.54) is 0 Å². The zero-order chi connectivity index (χ0) is 18.5. The topological polar surface area (TPSA) is 97.0 Å². The standard InChI is InChI=1S/C19H20N6O2/c26-17(14-7-11-25(12-8-14)19-20-9-4-10-21-19)22-13-16-23-18(27-24-16)15-5-2-1-3-6-15/h1-6,9-10,14H,7-8,11-13H2,(H,22,26). The van der Waals surface area contributed by atoms with Crippen LogP contribution in [0.15, 0.2) is 53.3 Å². The predicted molar refractivity (Wildman–Crippen MR) is 98.5 cm³/mol. The molecular formula is C19H20N6O2. The lowest BCUT2D eigenvalue weighted by Crippen LogP contribution is -2.41. The van der Waals surface area contributed by atoms with Crippen LogP contribution in [0.2, 0.25) is 0 Å². The quantitative estimate of drug-likeness (QED) is 0.740. The summed E-state index contributed by atoms with van der Waals surface area (Å²) < 4.78 is 5.26. The summed E-state index contributed by atoms with van der Waals surface area (Å²) in [5, 5.41) is 6.85. The number of piperidine rings is 1. The van der Waals surface area contributed by atoms with Gasteiger partial charge in [-0.3, -0.25) is 4.79 Å². The van der Waals surface area contributed by atoms with Crippen molar-refractivity contribution in [3.63, 3.8) is 0 Å². The molecule has 0 aliphatic carbocycles. The SMILES string of the molecule is O=C(NCc1noc(-c2ccccc2)n1)C1CCN(c2ncccn2)CC1. The van der Waals surface area contributed by atoms with Gasteiger partial charge in [0.05, 0.1) is 6.54 Å². The monoisotopic (exact) mass is 364 g/mol. The summed E-state index contributed by atoms with van der Waals surface area (Å²) >= 11 is 0. The van der Waals surface area contributed by atoms with Gasteiger partial charge in [0.1, 0.15) is 0 Å². The number of nitrogens with zero attached hydrogens (tertiary/aromatic N) is 5. The number of amides is 1. The predicted octanol–water partition coefficient (Wildman–Crippen LogP) is 2.06. The van der Waals surface area contributed by atoms with Crippen LogP contribution in [0.5, 0.6) is 0 Å². The highest BCUT2D eigenvalue weighted by Crippen LogP contribution is 2.21. The Kier molecular flexibility index (Phi) is 5.04. The van der Waals surface area contributed by atoms with Crippen LogP contribution < -0.4 is 10.2 Å². The zero-order valence-electron chi connectivity index (χ0n) is 14.8. The number of benzene rings is 1. The Bertz CT molecular complexity index is 875. The Morgan fingerprint density at radius 1 is 1.11 bits per heavy atom.